The van der Waals surface area contributed by atoms with Crippen LogP contribution in [0.25, 0.3) is 28.5 Å². The molecular formula is C19H10ClFN6OS. The van der Waals surface area contributed by atoms with E-state index in [4.69, 9.17) is 16.0 Å². The van der Waals surface area contributed by atoms with Gasteiger partial charge in [-0.1, -0.05) is 17.7 Å². The molecule has 29 heavy (non-hydrogen) atoms. The standard InChI is InChI=1S/C19H10ClFN6OS/c20-13-3-1-2-12(8-13)17-25-26-19(28-17)29-16-9-15(11-4-6-14(21)7-5-11)24-18-22-10-23-27(16)18/h1-10H. The van der Waals surface area contributed by atoms with Gasteiger partial charge in [-0.25, -0.2) is 9.37 Å². The topological polar surface area (TPSA) is 82.0 Å². The molecule has 0 spiro atoms. The highest BCUT2D eigenvalue weighted by Crippen LogP contribution is 2.32. The maximum atomic E-state index is 13.3. The summed E-state index contributed by atoms with van der Waals surface area (Å²) in [5.74, 6) is 0.452. The Kier molecular flexibility index (Phi) is 4.45. The summed E-state index contributed by atoms with van der Waals surface area (Å²) in [5.41, 5.74) is 2.11. The molecule has 0 saturated heterocycles. The maximum absolute atomic E-state index is 13.3. The van der Waals surface area contributed by atoms with Crippen LogP contribution in [0.1, 0.15) is 0 Å². The number of nitrogens with zero attached hydrogens (tertiary/aromatic N) is 6. The van der Waals surface area contributed by atoms with Crippen LogP contribution >= 0.6 is 23.4 Å². The molecule has 0 aliphatic heterocycles. The molecule has 0 amide bonds. The van der Waals surface area contributed by atoms with E-state index in [1.54, 1.807) is 28.8 Å². The minimum absolute atomic E-state index is 0.314. The second-order valence-corrected chi connectivity index (χ2v) is 7.35. The van der Waals surface area contributed by atoms with Gasteiger partial charge >= 0.3 is 0 Å². The summed E-state index contributed by atoms with van der Waals surface area (Å²) in [4.78, 5) is 8.63. The van der Waals surface area contributed by atoms with Gasteiger partial charge in [-0.2, -0.15) is 14.6 Å². The van der Waals surface area contributed by atoms with Crippen molar-refractivity contribution in [3.63, 3.8) is 0 Å². The van der Waals surface area contributed by atoms with Crippen LogP contribution in [0.5, 0.6) is 0 Å². The third-order valence-corrected chi connectivity index (χ3v) is 5.10. The number of fused-ring (bicyclic) bond motifs is 1. The smallest absolute Gasteiger partial charge is 0.283 e. The normalized spacial score (nSPS) is 11.2. The molecule has 0 bridgehead atoms. The summed E-state index contributed by atoms with van der Waals surface area (Å²) in [6.45, 7) is 0. The van der Waals surface area contributed by atoms with Crippen molar-refractivity contribution in [2.75, 3.05) is 0 Å². The van der Waals surface area contributed by atoms with Gasteiger partial charge in [0.1, 0.15) is 17.2 Å². The fourth-order valence-electron chi connectivity index (χ4n) is 2.71. The highest BCUT2D eigenvalue weighted by atomic mass is 35.5. The van der Waals surface area contributed by atoms with Crippen LogP contribution in [-0.2, 0) is 0 Å². The van der Waals surface area contributed by atoms with Gasteiger partial charge < -0.3 is 4.42 Å². The van der Waals surface area contributed by atoms with Gasteiger partial charge in [0.25, 0.3) is 11.0 Å². The van der Waals surface area contributed by atoms with E-state index in [1.165, 1.54) is 30.2 Å². The Hall–Kier alpha value is -3.30. The van der Waals surface area contributed by atoms with Crippen molar-refractivity contribution in [3.8, 4) is 22.7 Å². The average molecular weight is 425 g/mol. The van der Waals surface area contributed by atoms with Crippen molar-refractivity contribution < 1.29 is 8.81 Å². The predicted molar refractivity (Wildman–Crippen MR) is 105 cm³/mol. The molecule has 0 radical (unpaired) electrons. The lowest BCUT2D eigenvalue weighted by molar-refractivity contribution is 0.465. The number of rotatable bonds is 4. The van der Waals surface area contributed by atoms with Crippen LogP contribution in [0.2, 0.25) is 5.02 Å². The Morgan fingerprint density at radius 2 is 1.86 bits per heavy atom. The third kappa shape index (κ3) is 3.57. The summed E-state index contributed by atoms with van der Waals surface area (Å²) in [5, 5.41) is 14.0. The van der Waals surface area contributed by atoms with Gasteiger partial charge in [-0.15, -0.1) is 10.2 Å². The molecule has 0 aliphatic rings. The molecule has 0 unspecified atom stereocenters. The van der Waals surface area contributed by atoms with Gasteiger partial charge in [-0.05, 0) is 60.3 Å². The zero-order valence-electron chi connectivity index (χ0n) is 14.5. The third-order valence-electron chi connectivity index (χ3n) is 4.03. The summed E-state index contributed by atoms with van der Waals surface area (Å²) in [6.07, 6.45) is 1.41. The molecule has 3 aromatic heterocycles. The molecule has 0 saturated carbocycles. The largest absolute Gasteiger partial charge is 0.411 e. The van der Waals surface area contributed by atoms with E-state index < -0.39 is 0 Å². The van der Waals surface area contributed by atoms with Crippen molar-refractivity contribution >= 4 is 29.1 Å². The number of benzene rings is 2. The van der Waals surface area contributed by atoms with Crippen molar-refractivity contribution in [2.24, 2.45) is 0 Å². The SMILES string of the molecule is Fc1ccc(-c2cc(Sc3nnc(-c4cccc(Cl)c4)o3)n3ncnc3n2)cc1. The van der Waals surface area contributed by atoms with E-state index in [1.807, 2.05) is 18.2 Å². The zero-order valence-corrected chi connectivity index (χ0v) is 16.1. The number of hydrogen-bond donors (Lipinski definition) is 0. The van der Waals surface area contributed by atoms with Crippen LogP contribution in [0.15, 0.2) is 75.6 Å². The first-order valence-electron chi connectivity index (χ1n) is 8.40. The Labute approximate surface area is 172 Å². The van der Waals surface area contributed by atoms with Gasteiger partial charge in [0.15, 0.2) is 0 Å². The Bertz CT molecular complexity index is 1320. The minimum atomic E-state index is -0.314. The lowest BCUT2D eigenvalue weighted by Gasteiger charge is -2.05. The molecule has 0 aliphatic carbocycles. The Morgan fingerprint density at radius 3 is 2.69 bits per heavy atom. The van der Waals surface area contributed by atoms with Crippen molar-refractivity contribution in [1.29, 1.82) is 0 Å². The van der Waals surface area contributed by atoms with E-state index in [2.05, 4.69) is 25.3 Å². The molecule has 2 aromatic carbocycles. The molecule has 5 rings (SSSR count). The monoisotopic (exact) mass is 424 g/mol. The molecule has 0 N–H and O–H groups in total. The van der Waals surface area contributed by atoms with Crippen LogP contribution in [-0.4, -0.2) is 29.8 Å². The lowest BCUT2D eigenvalue weighted by atomic mass is 10.1. The minimum Gasteiger partial charge on any atom is -0.411 e. The van der Waals surface area contributed by atoms with Crippen LogP contribution in [0.3, 0.4) is 0 Å². The lowest BCUT2D eigenvalue weighted by Crippen LogP contribution is -1.97. The summed E-state index contributed by atoms with van der Waals surface area (Å²) < 4.78 is 20.6. The van der Waals surface area contributed by atoms with Crippen molar-refractivity contribution in [2.45, 2.75) is 10.2 Å². The highest BCUT2D eigenvalue weighted by Gasteiger charge is 2.15. The van der Waals surface area contributed by atoms with E-state index >= 15 is 0 Å². The zero-order chi connectivity index (χ0) is 19.8. The Morgan fingerprint density at radius 1 is 1.00 bits per heavy atom. The first-order valence-corrected chi connectivity index (χ1v) is 9.59. The number of aromatic nitrogens is 6. The Balaban J connectivity index is 1.52. The molecule has 5 aromatic rings. The van der Waals surface area contributed by atoms with Crippen molar-refractivity contribution in [3.05, 3.63) is 71.8 Å². The average Bonchev–Trinajstić information content (AvgIpc) is 3.38. The van der Waals surface area contributed by atoms with Gasteiger partial charge in [0.05, 0.1) is 5.69 Å². The van der Waals surface area contributed by atoms with Gasteiger partial charge in [0, 0.05) is 16.1 Å². The fraction of sp³-hybridized carbons (Fsp3) is 0. The highest BCUT2D eigenvalue weighted by molar-refractivity contribution is 7.99. The molecule has 7 nitrogen and oxygen atoms in total. The molecule has 10 heteroatoms. The molecule has 3 heterocycles. The number of halogens is 2. The summed E-state index contributed by atoms with van der Waals surface area (Å²) >= 11 is 7.25. The van der Waals surface area contributed by atoms with Crippen LogP contribution in [0, 0.1) is 5.82 Å². The summed E-state index contributed by atoms with van der Waals surface area (Å²) in [6, 6.07) is 15.0. The number of hydrogen-bond acceptors (Lipinski definition) is 7. The van der Waals surface area contributed by atoms with Gasteiger partial charge in [0.2, 0.25) is 5.89 Å². The quantitative estimate of drug-likeness (QED) is 0.384. The second-order valence-electron chi connectivity index (χ2n) is 5.94. The van der Waals surface area contributed by atoms with Gasteiger partial charge in [-0.3, -0.25) is 0 Å². The van der Waals surface area contributed by atoms with Crippen LogP contribution < -0.4 is 0 Å². The van der Waals surface area contributed by atoms with E-state index in [-0.39, 0.29) is 5.82 Å². The summed E-state index contributed by atoms with van der Waals surface area (Å²) in [7, 11) is 0. The maximum Gasteiger partial charge on any atom is 0.283 e. The first kappa shape index (κ1) is 17.8. The van der Waals surface area contributed by atoms with E-state index in [0.29, 0.717) is 32.6 Å². The van der Waals surface area contributed by atoms with Crippen molar-refractivity contribution in [1.82, 2.24) is 29.8 Å². The van der Waals surface area contributed by atoms with E-state index in [9.17, 15) is 4.39 Å². The molecule has 0 fully saturated rings. The second kappa shape index (κ2) is 7.26. The first-order chi connectivity index (χ1) is 14.2. The predicted octanol–water partition coefficient (Wildman–Crippen LogP) is 4.79. The fourth-order valence-corrected chi connectivity index (χ4v) is 3.66. The van der Waals surface area contributed by atoms with E-state index in [0.717, 1.165) is 11.1 Å². The van der Waals surface area contributed by atoms with Crippen LogP contribution in [0.4, 0.5) is 4.39 Å². The molecule has 142 valence electrons. The molecular weight excluding hydrogens is 415 g/mol. The molecule has 0 atom stereocenters.